The molecule has 0 bridgehead atoms. The van der Waals surface area contributed by atoms with Crippen LogP contribution in [0.25, 0.3) is 0 Å². The van der Waals surface area contributed by atoms with Gasteiger partial charge in [-0.15, -0.1) is 0 Å². The minimum Gasteiger partial charge on any atom is -0.453 e. The van der Waals surface area contributed by atoms with Gasteiger partial charge in [-0.05, 0) is 58.0 Å². The molecule has 3 aromatic rings. The van der Waals surface area contributed by atoms with E-state index in [0.29, 0.717) is 28.4 Å². The molecule has 37 heavy (non-hydrogen) atoms. The van der Waals surface area contributed by atoms with Gasteiger partial charge in [-0.25, -0.2) is 9.69 Å². The number of nitro benzene ring substituents is 1. The molecule has 1 amide bonds. The van der Waals surface area contributed by atoms with Crippen LogP contribution < -0.4 is 19.4 Å². The molecule has 1 heterocycles. The molecule has 0 radical (unpaired) electrons. The van der Waals surface area contributed by atoms with E-state index in [1.165, 1.54) is 11.0 Å². The molecule has 1 aliphatic rings. The molecule has 0 aliphatic carbocycles. The van der Waals surface area contributed by atoms with Crippen LogP contribution in [0, 0.1) is 10.1 Å². The Morgan fingerprint density at radius 3 is 1.86 bits per heavy atom. The summed E-state index contributed by atoms with van der Waals surface area (Å²) in [6, 6.07) is 17.7. The Hall–Kier alpha value is -4.27. The van der Waals surface area contributed by atoms with Crippen molar-refractivity contribution in [2.24, 2.45) is 0 Å². The topological polar surface area (TPSA) is 88.4 Å². The van der Waals surface area contributed by atoms with Crippen molar-refractivity contribution < 1.29 is 19.2 Å². The van der Waals surface area contributed by atoms with Crippen molar-refractivity contribution in [3.63, 3.8) is 0 Å². The van der Waals surface area contributed by atoms with Crippen molar-refractivity contribution in [1.82, 2.24) is 0 Å². The number of nitrogens with zero attached hydrogens (tertiary/aromatic N) is 4. The number of nitro groups is 1. The normalized spacial score (nSPS) is 11.7. The second kappa shape index (κ2) is 11.2. The van der Waals surface area contributed by atoms with E-state index < -0.39 is 11.0 Å². The van der Waals surface area contributed by atoms with E-state index in [1.54, 1.807) is 18.2 Å². The van der Waals surface area contributed by atoms with Crippen LogP contribution in [0.3, 0.4) is 0 Å². The van der Waals surface area contributed by atoms with E-state index in [9.17, 15) is 14.9 Å². The van der Waals surface area contributed by atoms with Gasteiger partial charge in [-0.2, -0.15) is 0 Å². The fourth-order valence-electron chi connectivity index (χ4n) is 4.57. The Labute approximate surface area is 217 Å². The van der Waals surface area contributed by atoms with Gasteiger partial charge < -0.3 is 19.3 Å². The predicted molar refractivity (Wildman–Crippen MR) is 146 cm³/mol. The second-order valence-electron chi connectivity index (χ2n) is 8.53. The van der Waals surface area contributed by atoms with Crippen LogP contribution >= 0.6 is 0 Å². The Balaban J connectivity index is 1.73. The van der Waals surface area contributed by atoms with Gasteiger partial charge in [-0.3, -0.25) is 10.1 Å². The Morgan fingerprint density at radius 1 is 0.865 bits per heavy atom. The molecular weight excluding hydrogens is 472 g/mol. The largest absolute Gasteiger partial charge is 0.453 e. The highest BCUT2D eigenvalue weighted by molar-refractivity contribution is 6.01. The average molecular weight is 505 g/mol. The molecule has 0 saturated carbocycles. The molecule has 0 aromatic heterocycles. The Kier molecular flexibility index (Phi) is 7.81. The number of hydrogen-bond donors (Lipinski definition) is 0. The molecule has 3 aromatic carbocycles. The highest BCUT2D eigenvalue weighted by Gasteiger charge is 2.32. The lowest BCUT2D eigenvalue weighted by atomic mass is 10.1. The number of hydrogen-bond acceptors (Lipinski definition) is 7. The van der Waals surface area contributed by atoms with E-state index in [4.69, 9.17) is 9.47 Å². The molecule has 0 spiro atoms. The maximum absolute atomic E-state index is 13.5. The first-order chi connectivity index (χ1) is 17.9. The summed E-state index contributed by atoms with van der Waals surface area (Å²) in [5.41, 5.74) is 3.30. The molecule has 1 aliphatic heterocycles. The van der Waals surface area contributed by atoms with Gasteiger partial charge in [0.15, 0.2) is 11.5 Å². The second-order valence-corrected chi connectivity index (χ2v) is 8.53. The number of carbonyl (C=O) groups is 1. The lowest BCUT2D eigenvalue weighted by Crippen LogP contribution is -2.30. The van der Waals surface area contributed by atoms with Crippen LogP contribution in [0.4, 0.5) is 33.2 Å². The summed E-state index contributed by atoms with van der Waals surface area (Å²) in [6.45, 7) is 11.4. The molecular formula is C28H32N4O5. The molecule has 4 rings (SSSR count). The lowest BCUT2D eigenvalue weighted by molar-refractivity contribution is -0.385. The number of carbonyl (C=O) groups excluding carboxylic acids is 1. The SMILES string of the molecule is CCN(CC)c1ccc2c(c1)Oc1cc(N(CC)CC)ccc1N2C(=O)OCc1ccccc1[N+](=O)[O-]. The average Bonchev–Trinajstić information content (AvgIpc) is 2.91. The fourth-order valence-corrected chi connectivity index (χ4v) is 4.57. The van der Waals surface area contributed by atoms with Crippen LogP contribution in [0.2, 0.25) is 0 Å². The number of benzene rings is 3. The first kappa shape index (κ1) is 25.8. The van der Waals surface area contributed by atoms with Gasteiger partial charge in [0.05, 0.1) is 21.9 Å². The van der Waals surface area contributed by atoms with Crippen molar-refractivity contribution in [2.75, 3.05) is 40.9 Å². The number of rotatable bonds is 9. The molecule has 9 heteroatoms. The van der Waals surface area contributed by atoms with E-state index in [2.05, 4.69) is 37.5 Å². The number of para-hydroxylation sites is 1. The molecule has 0 N–H and O–H groups in total. The van der Waals surface area contributed by atoms with Crippen molar-refractivity contribution in [1.29, 1.82) is 0 Å². The first-order valence-corrected chi connectivity index (χ1v) is 12.6. The molecule has 0 saturated heterocycles. The first-order valence-electron chi connectivity index (χ1n) is 12.6. The van der Waals surface area contributed by atoms with Crippen LogP contribution in [-0.4, -0.2) is 37.2 Å². The number of anilines is 4. The van der Waals surface area contributed by atoms with Gasteiger partial charge in [-0.1, -0.05) is 12.1 Å². The van der Waals surface area contributed by atoms with Gasteiger partial charge >= 0.3 is 6.09 Å². The minimum atomic E-state index is -0.643. The van der Waals surface area contributed by atoms with Gasteiger partial charge in [0.2, 0.25) is 0 Å². The molecule has 194 valence electrons. The third kappa shape index (κ3) is 5.16. The van der Waals surface area contributed by atoms with Crippen molar-refractivity contribution in [3.05, 3.63) is 76.3 Å². The molecule has 0 atom stereocenters. The van der Waals surface area contributed by atoms with Crippen LogP contribution in [0.15, 0.2) is 60.7 Å². The predicted octanol–water partition coefficient (Wildman–Crippen LogP) is 6.87. The lowest BCUT2D eigenvalue weighted by Gasteiger charge is -2.33. The third-order valence-electron chi connectivity index (χ3n) is 6.57. The van der Waals surface area contributed by atoms with E-state index in [-0.39, 0.29) is 12.3 Å². The monoisotopic (exact) mass is 504 g/mol. The number of fused-ring (bicyclic) bond motifs is 2. The minimum absolute atomic E-state index is 0.0918. The zero-order chi connectivity index (χ0) is 26.5. The number of ether oxygens (including phenoxy) is 2. The van der Waals surface area contributed by atoms with Crippen LogP contribution in [-0.2, 0) is 11.3 Å². The number of amides is 1. The summed E-state index contributed by atoms with van der Waals surface area (Å²) in [7, 11) is 0. The summed E-state index contributed by atoms with van der Waals surface area (Å²) in [6.07, 6.45) is -0.643. The van der Waals surface area contributed by atoms with E-state index in [0.717, 1.165) is 37.6 Å². The molecule has 0 fully saturated rings. The summed E-state index contributed by atoms with van der Waals surface area (Å²) in [4.78, 5) is 30.3. The Morgan fingerprint density at radius 2 is 1.38 bits per heavy atom. The summed E-state index contributed by atoms with van der Waals surface area (Å²) < 4.78 is 12.0. The fraction of sp³-hybridized carbons (Fsp3) is 0.321. The molecule has 9 nitrogen and oxygen atoms in total. The zero-order valence-corrected chi connectivity index (χ0v) is 21.6. The van der Waals surface area contributed by atoms with Crippen molar-refractivity contribution in [3.8, 4) is 11.5 Å². The maximum atomic E-state index is 13.5. The van der Waals surface area contributed by atoms with Crippen molar-refractivity contribution in [2.45, 2.75) is 34.3 Å². The van der Waals surface area contributed by atoms with E-state index >= 15 is 0 Å². The third-order valence-corrected chi connectivity index (χ3v) is 6.57. The highest BCUT2D eigenvalue weighted by atomic mass is 16.6. The standard InChI is InChI=1S/C28H32N4O5/c1-5-29(6-2)21-13-15-24-26(17-21)37-27-18-22(30(7-3)8-4)14-16-25(27)31(24)28(33)36-19-20-11-9-10-12-23(20)32(34)35/h9-18H,5-8,19H2,1-4H3. The summed E-state index contributed by atoms with van der Waals surface area (Å²) >= 11 is 0. The molecule has 0 unspecified atom stereocenters. The summed E-state index contributed by atoms with van der Waals surface area (Å²) in [5.74, 6) is 1.08. The smallest absolute Gasteiger partial charge is 0.419 e. The zero-order valence-electron chi connectivity index (χ0n) is 21.6. The van der Waals surface area contributed by atoms with Crippen molar-refractivity contribution >= 4 is 34.5 Å². The summed E-state index contributed by atoms with van der Waals surface area (Å²) in [5, 5.41) is 11.4. The Bertz CT molecular complexity index is 1230. The van der Waals surface area contributed by atoms with Gasteiger partial charge in [0.1, 0.15) is 6.61 Å². The quantitative estimate of drug-likeness (QED) is 0.232. The van der Waals surface area contributed by atoms with E-state index in [1.807, 2.05) is 36.4 Å². The van der Waals surface area contributed by atoms with Crippen LogP contribution in [0.1, 0.15) is 33.3 Å². The maximum Gasteiger partial charge on any atom is 0.419 e. The van der Waals surface area contributed by atoms with Crippen LogP contribution in [0.5, 0.6) is 11.5 Å². The van der Waals surface area contributed by atoms with Gasteiger partial charge in [0, 0.05) is 55.8 Å². The van der Waals surface area contributed by atoms with Gasteiger partial charge in [0.25, 0.3) is 5.69 Å². The highest BCUT2D eigenvalue weighted by Crippen LogP contribution is 2.49.